The van der Waals surface area contributed by atoms with Crippen LogP contribution in [0.25, 0.3) is 0 Å². The zero-order valence-electron chi connectivity index (χ0n) is 14.0. The second-order valence-electron chi connectivity index (χ2n) is 6.50. The average Bonchev–Trinajstić information content (AvgIpc) is 3.09. The summed E-state index contributed by atoms with van der Waals surface area (Å²) in [5.41, 5.74) is 0.625. The van der Waals surface area contributed by atoms with Crippen molar-refractivity contribution in [3.63, 3.8) is 0 Å². The highest BCUT2D eigenvalue weighted by Crippen LogP contribution is 2.28. The fraction of sp³-hybridized carbons (Fsp3) is 0.556. The predicted molar refractivity (Wildman–Crippen MR) is 90.1 cm³/mol. The van der Waals surface area contributed by atoms with Crippen molar-refractivity contribution in [1.29, 1.82) is 0 Å². The summed E-state index contributed by atoms with van der Waals surface area (Å²) >= 11 is 0. The molecule has 130 valence electrons. The molecule has 3 rings (SSSR count). The van der Waals surface area contributed by atoms with E-state index in [0.717, 1.165) is 36.3 Å². The minimum absolute atomic E-state index is 0.196. The van der Waals surface area contributed by atoms with Crippen LogP contribution >= 0.6 is 0 Å². The number of oxime groups is 1. The number of aliphatic hydroxyl groups is 1. The molecule has 0 spiro atoms. The summed E-state index contributed by atoms with van der Waals surface area (Å²) in [5, 5.41) is 17.3. The molecule has 1 saturated carbocycles. The first-order chi connectivity index (χ1) is 11.6. The molecule has 0 bridgehead atoms. The lowest BCUT2D eigenvalue weighted by Crippen LogP contribution is -2.49. The van der Waals surface area contributed by atoms with Crippen molar-refractivity contribution in [3.05, 3.63) is 29.8 Å². The van der Waals surface area contributed by atoms with E-state index >= 15 is 0 Å². The van der Waals surface area contributed by atoms with Crippen LogP contribution in [-0.4, -0.2) is 42.1 Å². The van der Waals surface area contributed by atoms with E-state index in [-0.39, 0.29) is 12.0 Å². The monoisotopic (exact) mass is 332 g/mol. The van der Waals surface area contributed by atoms with Gasteiger partial charge >= 0.3 is 0 Å². The van der Waals surface area contributed by atoms with Crippen LogP contribution in [0.4, 0.5) is 0 Å². The second kappa shape index (κ2) is 7.21. The average molecular weight is 332 g/mol. The number of benzene rings is 1. The molecule has 0 radical (unpaired) electrons. The number of amides is 1. The Bertz CT molecular complexity index is 606. The van der Waals surface area contributed by atoms with Crippen LogP contribution in [0.1, 0.15) is 44.1 Å². The molecule has 1 aromatic rings. The fourth-order valence-corrected chi connectivity index (χ4v) is 3.23. The van der Waals surface area contributed by atoms with E-state index in [1.165, 1.54) is 0 Å². The molecule has 2 aliphatic rings. The van der Waals surface area contributed by atoms with Crippen LogP contribution in [0.15, 0.2) is 29.4 Å². The number of carbonyl (C=O) groups excluding carboxylic acids is 1. The Labute approximate surface area is 141 Å². The van der Waals surface area contributed by atoms with E-state index in [0.29, 0.717) is 25.8 Å². The van der Waals surface area contributed by atoms with E-state index in [2.05, 4.69) is 10.5 Å². The van der Waals surface area contributed by atoms with Gasteiger partial charge in [-0.15, -0.1) is 0 Å². The summed E-state index contributed by atoms with van der Waals surface area (Å²) in [6.45, 7) is 0.351. The molecule has 1 amide bonds. The van der Waals surface area contributed by atoms with Crippen molar-refractivity contribution in [2.75, 3.05) is 13.7 Å². The zero-order chi connectivity index (χ0) is 17.0. The van der Waals surface area contributed by atoms with Gasteiger partial charge in [0.1, 0.15) is 17.5 Å². The number of nitrogens with zero attached hydrogens (tertiary/aromatic N) is 1. The topological polar surface area (TPSA) is 80.2 Å². The van der Waals surface area contributed by atoms with Gasteiger partial charge in [-0.05, 0) is 42.7 Å². The van der Waals surface area contributed by atoms with Gasteiger partial charge in [-0.2, -0.15) is 0 Å². The van der Waals surface area contributed by atoms with Crippen molar-refractivity contribution in [1.82, 2.24) is 5.32 Å². The minimum Gasteiger partial charge on any atom is -0.497 e. The lowest BCUT2D eigenvalue weighted by molar-refractivity contribution is -0.143. The number of hydrogen-bond acceptors (Lipinski definition) is 5. The summed E-state index contributed by atoms with van der Waals surface area (Å²) in [6, 6.07) is 7.64. The quantitative estimate of drug-likeness (QED) is 0.864. The zero-order valence-corrected chi connectivity index (χ0v) is 14.0. The van der Waals surface area contributed by atoms with E-state index in [4.69, 9.17) is 9.57 Å². The molecular weight excluding hydrogens is 308 g/mol. The molecule has 1 aromatic carbocycles. The third-order valence-electron chi connectivity index (χ3n) is 4.75. The number of carbonyl (C=O) groups is 1. The molecule has 24 heavy (non-hydrogen) atoms. The van der Waals surface area contributed by atoms with E-state index < -0.39 is 5.60 Å². The normalized spacial score (nSPS) is 22.4. The summed E-state index contributed by atoms with van der Waals surface area (Å²) in [4.78, 5) is 17.6. The highest BCUT2D eigenvalue weighted by atomic mass is 16.6. The van der Waals surface area contributed by atoms with Crippen molar-refractivity contribution in [2.24, 2.45) is 5.16 Å². The Kier molecular flexibility index (Phi) is 5.04. The molecule has 6 heteroatoms. The maximum absolute atomic E-state index is 12.2. The molecule has 6 nitrogen and oxygen atoms in total. The van der Waals surface area contributed by atoms with Gasteiger partial charge in [0.25, 0.3) is 5.91 Å². The number of methoxy groups -OCH3 is 1. The Hall–Kier alpha value is -2.08. The van der Waals surface area contributed by atoms with Crippen LogP contribution in [0.3, 0.4) is 0 Å². The summed E-state index contributed by atoms with van der Waals surface area (Å²) < 4.78 is 5.14. The number of nitrogens with one attached hydrogen (secondary N) is 1. The van der Waals surface area contributed by atoms with Gasteiger partial charge in [0.15, 0.2) is 0 Å². The van der Waals surface area contributed by atoms with E-state index in [9.17, 15) is 9.90 Å². The largest absolute Gasteiger partial charge is 0.497 e. The molecule has 1 atom stereocenters. The molecule has 0 aromatic heterocycles. The maximum Gasteiger partial charge on any atom is 0.252 e. The summed E-state index contributed by atoms with van der Waals surface area (Å²) in [7, 11) is 1.63. The van der Waals surface area contributed by atoms with Gasteiger partial charge in [0, 0.05) is 6.42 Å². The van der Waals surface area contributed by atoms with Gasteiger partial charge in [0.05, 0.1) is 19.4 Å². The number of rotatable bonds is 5. The first kappa shape index (κ1) is 16.8. The molecule has 1 aliphatic carbocycles. The van der Waals surface area contributed by atoms with Crippen LogP contribution in [0, 0.1) is 0 Å². The Morgan fingerprint density at radius 3 is 2.71 bits per heavy atom. The highest BCUT2D eigenvalue weighted by molar-refractivity contribution is 6.01. The number of ether oxygens (including phenoxy) is 1. The van der Waals surface area contributed by atoms with Crippen molar-refractivity contribution in [2.45, 2.75) is 50.2 Å². The minimum atomic E-state index is -1.21. The Morgan fingerprint density at radius 1 is 1.33 bits per heavy atom. The van der Waals surface area contributed by atoms with Gasteiger partial charge in [-0.3, -0.25) is 4.79 Å². The number of hydrogen-bond donors (Lipinski definition) is 2. The summed E-state index contributed by atoms with van der Waals surface area (Å²) in [6.07, 6.45) is 4.39. The van der Waals surface area contributed by atoms with Gasteiger partial charge in [-0.25, -0.2) is 0 Å². The lowest BCUT2D eigenvalue weighted by Gasteiger charge is -2.30. The first-order valence-corrected chi connectivity index (χ1v) is 8.48. The van der Waals surface area contributed by atoms with Gasteiger partial charge in [-0.1, -0.05) is 24.4 Å². The summed E-state index contributed by atoms with van der Waals surface area (Å²) in [5.74, 6) is 0.506. The van der Waals surface area contributed by atoms with Crippen LogP contribution < -0.4 is 10.1 Å². The third kappa shape index (κ3) is 3.70. The van der Waals surface area contributed by atoms with Crippen LogP contribution in [0.2, 0.25) is 0 Å². The maximum atomic E-state index is 12.2. The molecule has 0 unspecified atom stereocenters. The second-order valence-corrected chi connectivity index (χ2v) is 6.50. The van der Waals surface area contributed by atoms with Crippen LogP contribution in [0.5, 0.6) is 5.75 Å². The predicted octanol–water partition coefficient (Wildman–Crippen LogP) is 2.00. The third-order valence-corrected chi connectivity index (χ3v) is 4.75. The molecule has 1 heterocycles. The standard InChI is InChI=1S/C18H24N2O4/c1-23-14-7-5-13(6-8-14)16-11-15(24-20-16)12-19-17(21)18(22)9-3-2-4-10-18/h5-8,15,22H,2-4,9-12H2,1H3,(H,19,21)/t15-/m1/s1. The Morgan fingerprint density at radius 2 is 2.04 bits per heavy atom. The molecular formula is C18H24N2O4. The van der Waals surface area contributed by atoms with E-state index in [1.807, 2.05) is 24.3 Å². The molecule has 1 aliphatic heterocycles. The smallest absolute Gasteiger partial charge is 0.252 e. The van der Waals surface area contributed by atoms with Crippen LogP contribution in [-0.2, 0) is 9.63 Å². The van der Waals surface area contributed by atoms with Crippen molar-refractivity contribution < 1.29 is 19.5 Å². The molecule has 1 fully saturated rings. The first-order valence-electron chi connectivity index (χ1n) is 8.48. The lowest BCUT2D eigenvalue weighted by atomic mass is 9.84. The van der Waals surface area contributed by atoms with Gasteiger partial charge in [0.2, 0.25) is 0 Å². The molecule has 0 saturated heterocycles. The van der Waals surface area contributed by atoms with Crippen molar-refractivity contribution in [3.8, 4) is 5.75 Å². The fourth-order valence-electron chi connectivity index (χ4n) is 3.23. The van der Waals surface area contributed by atoms with E-state index in [1.54, 1.807) is 7.11 Å². The molecule has 2 N–H and O–H groups in total. The van der Waals surface area contributed by atoms with Gasteiger partial charge < -0.3 is 20.0 Å². The highest BCUT2D eigenvalue weighted by Gasteiger charge is 2.37. The Balaban J connectivity index is 1.49. The van der Waals surface area contributed by atoms with Crippen molar-refractivity contribution >= 4 is 11.6 Å². The SMILES string of the molecule is COc1ccc(C2=NO[C@@H](CNC(=O)C3(O)CCCCC3)C2)cc1.